The van der Waals surface area contributed by atoms with Gasteiger partial charge in [0.25, 0.3) is 0 Å². The molecule has 0 atom stereocenters. The van der Waals surface area contributed by atoms with E-state index in [0.29, 0.717) is 5.82 Å². The van der Waals surface area contributed by atoms with E-state index in [1.807, 2.05) is 70.3 Å². The van der Waals surface area contributed by atoms with Crippen molar-refractivity contribution in [3.63, 3.8) is 0 Å². The minimum Gasteiger partial charge on any atom is -1.00 e. The predicted molar refractivity (Wildman–Crippen MR) is 118 cm³/mol. The Hall–Kier alpha value is -3.76. The quantitative estimate of drug-likeness (QED) is 0.414. The molecule has 4 aromatic carbocycles. The van der Waals surface area contributed by atoms with E-state index in [1.54, 1.807) is 0 Å². The number of hydrogen-bond acceptors (Lipinski definition) is 2. The van der Waals surface area contributed by atoms with Gasteiger partial charge in [-0.2, -0.15) is 0 Å². The van der Waals surface area contributed by atoms with Crippen LogP contribution < -0.4 is 17.2 Å². The number of nitrogens with zero attached hydrogens (tertiary/aromatic N) is 4. The molecule has 0 spiro atoms. The van der Waals surface area contributed by atoms with E-state index in [9.17, 15) is 0 Å². The number of aryl methyl sites for hydroxylation is 1. The minimum absolute atomic E-state index is 0. The fourth-order valence-corrected chi connectivity index (χ4v) is 3.55. The molecular weight excluding hydrogens is 404 g/mol. The maximum absolute atomic E-state index is 4.82. The van der Waals surface area contributed by atoms with Crippen molar-refractivity contribution in [2.24, 2.45) is 0 Å². The molecule has 152 valence electrons. The molecule has 0 N–H and O–H groups in total. The lowest BCUT2D eigenvalue weighted by Crippen LogP contribution is -3.00. The summed E-state index contributed by atoms with van der Waals surface area (Å²) in [5.41, 5.74) is 6.57. The molecule has 1 aromatic heterocycles. The minimum atomic E-state index is 0. The number of benzene rings is 4. The van der Waals surface area contributed by atoms with Crippen LogP contribution in [0.2, 0.25) is 0 Å². The fourth-order valence-electron chi connectivity index (χ4n) is 3.55. The maximum Gasteiger partial charge on any atom is 0.340 e. The number of tetrazole rings is 1. The van der Waals surface area contributed by atoms with Crippen LogP contribution in [0.4, 0.5) is 0 Å². The van der Waals surface area contributed by atoms with Gasteiger partial charge < -0.3 is 12.4 Å². The Morgan fingerprint density at radius 3 is 1.94 bits per heavy atom. The van der Waals surface area contributed by atoms with Gasteiger partial charge in [-0.1, -0.05) is 60.7 Å². The number of halogens is 1. The van der Waals surface area contributed by atoms with Gasteiger partial charge in [-0.15, -0.1) is 0 Å². The zero-order valence-electron chi connectivity index (χ0n) is 17.1. The van der Waals surface area contributed by atoms with E-state index in [2.05, 4.69) is 55.5 Å². The molecule has 0 aliphatic carbocycles. The second-order valence-corrected chi connectivity index (χ2v) is 7.17. The van der Waals surface area contributed by atoms with E-state index >= 15 is 0 Å². The van der Waals surface area contributed by atoms with Gasteiger partial charge >= 0.3 is 5.82 Å². The summed E-state index contributed by atoms with van der Waals surface area (Å²) in [5, 5.41) is 9.61. The molecule has 0 saturated carbocycles. The first-order valence-electron chi connectivity index (χ1n) is 9.96. The molecule has 0 bridgehead atoms. The maximum atomic E-state index is 4.82. The summed E-state index contributed by atoms with van der Waals surface area (Å²) in [7, 11) is 0. The van der Waals surface area contributed by atoms with Crippen LogP contribution in [-0.2, 0) is 0 Å². The topological polar surface area (TPSA) is 34.6 Å². The molecule has 0 saturated heterocycles. The number of aromatic nitrogens is 4. The number of para-hydroxylation sites is 1. The van der Waals surface area contributed by atoms with Crippen molar-refractivity contribution in [3.05, 3.63) is 115 Å². The molecule has 0 aliphatic heterocycles. The van der Waals surface area contributed by atoms with Gasteiger partial charge in [0.1, 0.15) is 5.69 Å². The average Bonchev–Trinajstić information content (AvgIpc) is 3.26. The van der Waals surface area contributed by atoms with E-state index < -0.39 is 0 Å². The molecule has 0 radical (unpaired) electrons. The molecule has 0 aliphatic rings. The highest BCUT2D eigenvalue weighted by Crippen LogP contribution is 2.23. The van der Waals surface area contributed by atoms with E-state index in [4.69, 9.17) is 10.2 Å². The lowest BCUT2D eigenvalue weighted by atomic mass is 10.0. The molecule has 31 heavy (non-hydrogen) atoms. The van der Waals surface area contributed by atoms with Crippen molar-refractivity contribution in [3.8, 4) is 33.9 Å². The van der Waals surface area contributed by atoms with Gasteiger partial charge in [0.15, 0.2) is 5.69 Å². The van der Waals surface area contributed by atoms with Gasteiger partial charge in [0, 0.05) is 4.80 Å². The first-order chi connectivity index (χ1) is 14.8. The third-order valence-corrected chi connectivity index (χ3v) is 5.13. The van der Waals surface area contributed by atoms with Crippen LogP contribution in [0.3, 0.4) is 0 Å². The second kappa shape index (κ2) is 8.94. The highest BCUT2D eigenvalue weighted by atomic mass is 35.5. The smallest absolute Gasteiger partial charge is 0.340 e. The van der Waals surface area contributed by atoms with Crippen LogP contribution >= 0.6 is 0 Å². The van der Waals surface area contributed by atoms with Crippen molar-refractivity contribution < 1.29 is 17.2 Å². The molecule has 4 nitrogen and oxygen atoms in total. The van der Waals surface area contributed by atoms with Crippen molar-refractivity contribution in [1.82, 2.24) is 15.0 Å². The van der Waals surface area contributed by atoms with Crippen LogP contribution in [0.1, 0.15) is 5.56 Å². The normalized spacial score (nSPS) is 10.5. The summed E-state index contributed by atoms with van der Waals surface area (Å²) in [6.07, 6.45) is 0. The highest BCUT2D eigenvalue weighted by Gasteiger charge is 2.23. The van der Waals surface area contributed by atoms with Crippen LogP contribution in [-0.4, -0.2) is 15.0 Å². The van der Waals surface area contributed by atoms with E-state index in [1.165, 1.54) is 16.7 Å². The van der Waals surface area contributed by atoms with Crippen molar-refractivity contribution in [2.45, 2.75) is 6.92 Å². The Kier molecular flexibility index (Phi) is 5.92. The zero-order valence-corrected chi connectivity index (χ0v) is 17.8. The Balaban J connectivity index is 0.00000231. The number of hydrogen-bond donors (Lipinski definition) is 0. The largest absolute Gasteiger partial charge is 1.00 e. The van der Waals surface area contributed by atoms with Crippen LogP contribution in [0.15, 0.2) is 109 Å². The predicted octanol–water partition coefficient (Wildman–Crippen LogP) is 2.19. The van der Waals surface area contributed by atoms with Gasteiger partial charge in [0.2, 0.25) is 0 Å². The summed E-state index contributed by atoms with van der Waals surface area (Å²) in [6.45, 7) is 2.14. The van der Waals surface area contributed by atoms with Crippen LogP contribution in [0.5, 0.6) is 0 Å². The zero-order chi connectivity index (χ0) is 20.3. The van der Waals surface area contributed by atoms with Crippen molar-refractivity contribution in [1.29, 1.82) is 0 Å². The van der Waals surface area contributed by atoms with Gasteiger partial charge in [-0.3, -0.25) is 0 Å². The summed E-state index contributed by atoms with van der Waals surface area (Å²) in [6, 6.07) is 37.0. The fraction of sp³-hybridized carbons (Fsp3) is 0.0385. The average molecular weight is 425 g/mol. The first kappa shape index (κ1) is 20.5. The summed E-state index contributed by atoms with van der Waals surface area (Å²) >= 11 is 0. The molecule has 5 aromatic rings. The Morgan fingerprint density at radius 1 is 0.645 bits per heavy atom. The molecule has 5 heteroatoms. The SMILES string of the molecule is Cc1ccccc1-c1ccc(-[n+]2nc(-c3ccccc3)nn2-c2ccccc2)cc1.[Cl-]. The van der Waals surface area contributed by atoms with Crippen LogP contribution in [0, 0.1) is 6.92 Å². The van der Waals surface area contributed by atoms with Gasteiger partial charge in [-0.25, -0.2) is 0 Å². The molecular formula is C26H21ClN4. The van der Waals surface area contributed by atoms with Gasteiger partial charge in [-0.05, 0) is 82.0 Å². The molecule has 0 unspecified atom stereocenters. The molecule has 0 amide bonds. The lowest BCUT2D eigenvalue weighted by Gasteiger charge is -2.06. The lowest BCUT2D eigenvalue weighted by molar-refractivity contribution is -0.734. The molecule has 0 fully saturated rings. The monoisotopic (exact) mass is 424 g/mol. The summed E-state index contributed by atoms with van der Waals surface area (Å²) in [4.78, 5) is 3.68. The molecule has 5 rings (SSSR count). The third kappa shape index (κ3) is 4.11. The van der Waals surface area contributed by atoms with E-state index in [0.717, 1.165) is 16.9 Å². The third-order valence-electron chi connectivity index (χ3n) is 5.13. The van der Waals surface area contributed by atoms with Gasteiger partial charge in [0.05, 0.1) is 10.7 Å². The Morgan fingerprint density at radius 2 is 1.26 bits per heavy atom. The number of rotatable bonds is 4. The summed E-state index contributed by atoms with van der Waals surface area (Å²) in [5.74, 6) is 0.683. The molecule has 1 heterocycles. The standard InChI is InChI=1S/C26H21N4.ClH/c1-20-10-8-9-15-25(20)21-16-18-24(19-17-21)30-28-26(22-11-4-2-5-12-22)27-29(30)23-13-6-3-7-14-23;/h2-19H,1H3;1H/q+1;/p-1. The summed E-state index contributed by atoms with van der Waals surface area (Å²) < 4.78 is 0. The van der Waals surface area contributed by atoms with E-state index in [-0.39, 0.29) is 12.4 Å². The first-order valence-corrected chi connectivity index (χ1v) is 9.96. The highest BCUT2D eigenvalue weighted by molar-refractivity contribution is 5.67. The van der Waals surface area contributed by atoms with Crippen molar-refractivity contribution in [2.75, 3.05) is 0 Å². The Bertz CT molecular complexity index is 1280. The Labute approximate surface area is 187 Å². The van der Waals surface area contributed by atoms with Crippen LogP contribution in [0.25, 0.3) is 33.9 Å². The van der Waals surface area contributed by atoms with Crippen molar-refractivity contribution >= 4 is 0 Å². The second-order valence-electron chi connectivity index (χ2n) is 7.17.